The molecule has 1 fully saturated rings. The Hall–Kier alpha value is 0.650. The number of hydrogen-bond acceptors (Lipinski definition) is 1. The average molecular weight is 201 g/mol. The van der Waals surface area contributed by atoms with E-state index in [-0.39, 0.29) is 24.0 Å². The minimum Gasteiger partial charge on any atom is -1.00 e. The molecule has 0 aromatic heterocycles. The fourth-order valence-electron chi connectivity index (χ4n) is 0.417. The smallest absolute Gasteiger partial charge is 0.180 e. The van der Waals surface area contributed by atoms with Crippen LogP contribution in [-0.4, -0.2) is 19.9 Å². The molecule has 0 saturated carbocycles. The molecule has 0 radical (unpaired) electrons. The van der Waals surface area contributed by atoms with Gasteiger partial charge in [0.15, 0.2) is 6.73 Å². The van der Waals surface area contributed by atoms with Gasteiger partial charge in [0.25, 0.3) is 0 Å². The Balaban J connectivity index is 0.000000250. The maximum Gasteiger partial charge on any atom is 0.180 e. The minimum absolute atomic E-state index is 0. The normalized spacial score (nSPS) is 20.0. The van der Waals surface area contributed by atoms with Gasteiger partial charge in [-0.05, 0) is 0 Å². The third-order valence-electron chi connectivity index (χ3n) is 0.702. The van der Waals surface area contributed by atoms with Crippen molar-refractivity contribution in [3.8, 4) is 0 Å². The summed E-state index contributed by atoms with van der Waals surface area (Å²) in [6, 6.07) is 0. The van der Waals surface area contributed by atoms with Crippen molar-refractivity contribution >= 4 is 0 Å². The Kier molecular flexibility index (Phi) is 4.24. The summed E-state index contributed by atoms with van der Waals surface area (Å²) in [6.07, 6.45) is 0. The first-order chi connectivity index (χ1) is 2.50. The zero-order valence-corrected chi connectivity index (χ0v) is 5.64. The molecule has 3 heteroatoms. The zero-order valence-electron chi connectivity index (χ0n) is 3.48. The van der Waals surface area contributed by atoms with E-state index >= 15 is 0 Å². The standard InChI is InChI=1S/C3H7NO.HI/c1-2-5-3-4-1;/h4H,1-3H2;1H. The number of quaternary nitrogens is 1. The van der Waals surface area contributed by atoms with Gasteiger partial charge < -0.3 is 34.0 Å². The van der Waals surface area contributed by atoms with Crippen LogP contribution in [0.2, 0.25) is 0 Å². The Labute approximate surface area is 54.3 Å². The van der Waals surface area contributed by atoms with Crippen molar-refractivity contribution < 1.29 is 34.0 Å². The quantitative estimate of drug-likeness (QED) is 0.393. The number of ether oxygens (including phenoxy) is 1. The van der Waals surface area contributed by atoms with E-state index in [1.807, 2.05) is 0 Å². The van der Waals surface area contributed by atoms with Crippen LogP contribution in [-0.2, 0) is 4.74 Å². The van der Waals surface area contributed by atoms with Crippen LogP contribution in [0.4, 0.5) is 0 Å². The van der Waals surface area contributed by atoms with Gasteiger partial charge in [-0.15, -0.1) is 0 Å². The largest absolute Gasteiger partial charge is 1.00 e. The maximum atomic E-state index is 4.89. The van der Waals surface area contributed by atoms with Gasteiger partial charge in [0.2, 0.25) is 0 Å². The van der Waals surface area contributed by atoms with E-state index in [0.29, 0.717) is 0 Å². The van der Waals surface area contributed by atoms with Gasteiger partial charge >= 0.3 is 0 Å². The van der Waals surface area contributed by atoms with Crippen molar-refractivity contribution in [3.05, 3.63) is 0 Å². The number of nitrogens with two attached hydrogens (primary N) is 1. The summed E-state index contributed by atoms with van der Waals surface area (Å²) in [7, 11) is 0. The van der Waals surface area contributed by atoms with Gasteiger partial charge in [-0.1, -0.05) is 0 Å². The highest BCUT2D eigenvalue weighted by Gasteiger charge is 1.96. The van der Waals surface area contributed by atoms with E-state index < -0.39 is 0 Å². The van der Waals surface area contributed by atoms with Gasteiger partial charge in [-0.3, -0.25) is 0 Å². The molecule has 1 rings (SSSR count). The molecule has 0 aromatic carbocycles. The molecule has 1 heterocycles. The van der Waals surface area contributed by atoms with E-state index in [1.165, 1.54) is 0 Å². The minimum atomic E-state index is 0. The lowest BCUT2D eigenvalue weighted by atomic mass is 10.7. The van der Waals surface area contributed by atoms with E-state index in [4.69, 9.17) is 4.74 Å². The summed E-state index contributed by atoms with van der Waals surface area (Å²) in [6.45, 7) is 2.97. The summed E-state index contributed by atoms with van der Waals surface area (Å²) in [5.74, 6) is 0. The second-order valence-corrected chi connectivity index (χ2v) is 1.15. The SMILES string of the molecule is C1COC[NH2+]1.[I-]. The molecule has 0 unspecified atom stereocenters. The van der Waals surface area contributed by atoms with E-state index in [9.17, 15) is 0 Å². The predicted molar refractivity (Wildman–Crippen MR) is 17.6 cm³/mol. The molecule has 0 bridgehead atoms. The van der Waals surface area contributed by atoms with Gasteiger partial charge in [0.05, 0.1) is 0 Å². The lowest BCUT2D eigenvalue weighted by Crippen LogP contribution is -3.00. The summed E-state index contributed by atoms with van der Waals surface area (Å²) in [5, 5.41) is 2.14. The first kappa shape index (κ1) is 6.65. The molecule has 0 spiro atoms. The van der Waals surface area contributed by atoms with Gasteiger partial charge in [-0.25, -0.2) is 0 Å². The summed E-state index contributed by atoms with van der Waals surface area (Å²) in [5.41, 5.74) is 0. The highest BCUT2D eigenvalue weighted by atomic mass is 127. The number of halogens is 1. The molecular formula is C3H8INO. The lowest BCUT2D eigenvalue weighted by molar-refractivity contribution is -0.650. The molecule has 0 atom stereocenters. The number of hydrogen-bond donors (Lipinski definition) is 1. The van der Waals surface area contributed by atoms with Crippen molar-refractivity contribution in [2.24, 2.45) is 0 Å². The molecule has 0 amide bonds. The highest BCUT2D eigenvalue weighted by molar-refractivity contribution is 4.21. The summed E-state index contributed by atoms with van der Waals surface area (Å²) in [4.78, 5) is 0. The molecular weight excluding hydrogens is 193 g/mol. The molecule has 0 aliphatic carbocycles. The first-order valence-electron chi connectivity index (χ1n) is 1.89. The van der Waals surface area contributed by atoms with Crippen LogP contribution < -0.4 is 29.3 Å². The molecule has 0 aromatic rings. The Morgan fingerprint density at radius 1 is 1.50 bits per heavy atom. The third kappa shape index (κ3) is 1.94. The predicted octanol–water partition coefficient (Wildman–Crippen LogP) is -4.46. The van der Waals surface area contributed by atoms with Crippen molar-refractivity contribution in [3.63, 3.8) is 0 Å². The van der Waals surface area contributed by atoms with Crippen molar-refractivity contribution in [2.45, 2.75) is 0 Å². The Morgan fingerprint density at radius 3 is 2.50 bits per heavy atom. The first-order valence-corrected chi connectivity index (χ1v) is 1.89. The van der Waals surface area contributed by atoms with Crippen molar-refractivity contribution in [1.29, 1.82) is 0 Å². The van der Waals surface area contributed by atoms with Gasteiger partial charge in [-0.2, -0.15) is 0 Å². The summed E-state index contributed by atoms with van der Waals surface area (Å²) < 4.78 is 4.89. The van der Waals surface area contributed by atoms with Crippen LogP contribution in [0.3, 0.4) is 0 Å². The fraction of sp³-hybridized carbons (Fsp3) is 1.00. The summed E-state index contributed by atoms with van der Waals surface area (Å²) >= 11 is 0. The van der Waals surface area contributed by atoms with Crippen LogP contribution in [0.15, 0.2) is 0 Å². The Bertz CT molecular complexity index is 22.4. The topological polar surface area (TPSA) is 25.8 Å². The third-order valence-corrected chi connectivity index (χ3v) is 0.702. The van der Waals surface area contributed by atoms with Gasteiger partial charge in [0.1, 0.15) is 13.2 Å². The molecule has 1 aliphatic rings. The molecule has 6 heavy (non-hydrogen) atoms. The zero-order chi connectivity index (χ0) is 3.54. The maximum absolute atomic E-state index is 4.89. The molecule has 2 N–H and O–H groups in total. The monoisotopic (exact) mass is 201 g/mol. The second kappa shape index (κ2) is 3.83. The fourth-order valence-corrected chi connectivity index (χ4v) is 0.417. The van der Waals surface area contributed by atoms with E-state index in [1.54, 1.807) is 0 Å². The van der Waals surface area contributed by atoms with Gasteiger partial charge in [0, 0.05) is 0 Å². The van der Waals surface area contributed by atoms with E-state index in [2.05, 4.69) is 5.32 Å². The van der Waals surface area contributed by atoms with E-state index in [0.717, 1.165) is 19.9 Å². The van der Waals surface area contributed by atoms with Crippen LogP contribution in [0.5, 0.6) is 0 Å². The lowest BCUT2D eigenvalue weighted by Gasteiger charge is -1.73. The molecule has 2 nitrogen and oxygen atoms in total. The van der Waals surface area contributed by atoms with Crippen molar-refractivity contribution in [1.82, 2.24) is 0 Å². The van der Waals surface area contributed by atoms with Crippen LogP contribution >= 0.6 is 0 Å². The second-order valence-electron chi connectivity index (χ2n) is 1.15. The van der Waals surface area contributed by atoms with Crippen LogP contribution in [0, 0.1) is 0 Å². The average Bonchev–Trinajstić information content (AvgIpc) is 1.76. The molecule has 1 aliphatic heterocycles. The molecule has 38 valence electrons. The van der Waals surface area contributed by atoms with Crippen LogP contribution in [0.25, 0.3) is 0 Å². The Morgan fingerprint density at radius 2 is 2.33 bits per heavy atom. The number of rotatable bonds is 0. The molecule has 1 saturated heterocycles. The van der Waals surface area contributed by atoms with Crippen LogP contribution in [0.1, 0.15) is 0 Å². The van der Waals surface area contributed by atoms with Crippen molar-refractivity contribution in [2.75, 3.05) is 19.9 Å². The highest BCUT2D eigenvalue weighted by Crippen LogP contribution is 1.64.